The number of furan rings is 1. The lowest BCUT2D eigenvalue weighted by atomic mass is 10.3. The monoisotopic (exact) mass is 234 g/mol. The van der Waals surface area contributed by atoms with Crippen LogP contribution in [-0.4, -0.2) is 4.98 Å². The van der Waals surface area contributed by atoms with E-state index in [2.05, 4.69) is 17.2 Å². The Morgan fingerprint density at radius 1 is 1.00 bits per heavy atom. The quantitative estimate of drug-likeness (QED) is 0.834. The molecule has 2 rings (SSSR count). The van der Waals surface area contributed by atoms with Crippen molar-refractivity contribution in [2.45, 2.75) is 39.8 Å². The zero-order chi connectivity index (χ0) is 12.1. The lowest BCUT2D eigenvalue weighted by Gasteiger charge is -1.98. The Morgan fingerprint density at radius 3 is 2.41 bits per heavy atom. The molecule has 0 amide bonds. The minimum atomic E-state index is 0.627. The van der Waals surface area contributed by atoms with Crippen LogP contribution in [0.3, 0.4) is 0 Å². The molecule has 0 radical (unpaired) electrons. The summed E-state index contributed by atoms with van der Waals surface area (Å²) in [5, 5.41) is 3.24. The molecule has 0 aromatic carbocycles. The zero-order valence-corrected chi connectivity index (χ0v) is 10.3. The summed E-state index contributed by atoms with van der Waals surface area (Å²) in [5.74, 6) is 3.62. The van der Waals surface area contributed by atoms with Crippen molar-refractivity contribution in [3.63, 3.8) is 0 Å². The highest BCUT2D eigenvalue weighted by atomic mass is 16.4. The molecule has 0 spiro atoms. The Balaban J connectivity index is 1.79. The predicted octanol–water partition coefficient (Wildman–Crippen LogP) is 2.68. The summed E-state index contributed by atoms with van der Waals surface area (Å²) in [6, 6.07) is 4.01. The van der Waals surface area contributed by atoms with E-state index in [1.165, 1.54) is 0 Å². The van der Waals surface area contributed by atoms with Crippen LogP contribution in [0.5, 0.6) is 0 Å². The van der Waals surface area contributed by atoms with Gasteiger partial charge in [-0.2, -0.15) is 0 Å². The third kappa shape index (κ3) is 3.20. The topological polar surface area (TPSA) is 51.2 Å². The fraction of sp³-hybridized carbons (Fsp3) is 0.462. The maximum absolute atomic E-state index is 5.58. The van der Waals surface area contributed by atoms with Gasteiger partial charge in [-0.1, -0.05) is 13.8 Å². The van der Waals surface area contributed by atoms with E-state index < -0.39 is 0 Å². The van der Waals surface area contributed by atoms with Gasteiger partial charge in [0, 0.05) is 12.8 Å². The molecular formula is C13H18N2O2. The molecule has 0 aliphatic carbocycles. The van der Waals surface area contributed by atoms with Crippen LogP contribution in [0, 0.1) is 0 Å². The highest BCUT2D eigenvalue weighted by Crippen LogP contribution is 2.08. The average molecular weight is 234 g/mol. The number of aryl methyl sites for hydroxylation is 2. The second-order valence-electron chi connectivity index (χ2n) is 3.90. The van der Waals surface area contributed by atoms with E-state index in [9.17, 15) is 0 Å². The lowest BCUT2D eigenvalue weighted by molar-refractivity contribution is 0.416. The summed E-state index contributed by atoms with van der Waals surface area (Å²) in [6.45, 7) is 5.45. The van der Waals surface area contributed by atoms with E-state index in [1.54, 1.807) is 6.20 Å². The van der Waals surface area contributed by atoms with Crippen molar-refractivity contribution in [3.8, 4) is 0 Å². The van der Waals surface area contributed by atoms with Crippen molar-refractivity contribution in [1.82, 2.24) is 10.3 Å². The number of oxazole rings is 1. The van der Waals surface area contributed by atoms with Gasteiger partial charge >= 0.3 is 0 Å². The van der Waals surface area contributed by atoms with Crippen LogP contribution in [0.4, 0.5) is 0 Å². The van der Waals surface area contributed by atoms with E-state index in [1.807, 2.05) is 19.1 Å². The van der Waals surface area contributed by atoms with Crippen molar-refractivity contribution in [2.24, 2.45) is 0 Å². The summed E-state index contributed by atoms with van der Waals surface area (Å²) in [7, 11) is 0. The molecule has 2 aromatic rings. The fourth-order valence-corrected chi connectivity index (χ4v) is 1.59. The molecule has 0 aliphatic rings. The normalized spacial score (nSPS) is 10.9. The van der Waals surface area contributed by atoms with E-state index in [0.29, 0.717) is 13.1 Å². The molecule has 0 fully saturated rings. The number of hydrogen-bond acceptors (Lipinski definition) is 4. The molecule has 4 heteroatoms. The van der Waals surface area contributed by atoms with E-state index >= 15 is 0 Å². The van der Waals surface area contributed by atoms with Crippen LogP contribution in [-0.2, 0) is 25.9 Å². The number of nitrogens with zero attached hydrogens (tertiary/aromatic N) is 1. The molecule has 0 aliphatic heterocycles. The molecule has 0 saturated heterocycles. The second kappa shape index (κ2) is 5.68. The molecule has 2 aromatic heterocycles. The second-order valence-corrected chi connectivity index (χ2v) is 3.90. The van der Waals surface area contributed by atoms with Gasteiger partial charge in [0.25, 0.3) is 0 Å². The summed E-state index contributed by atoms with van der Waals surface area (Å²) in [5.41, 5.74) is 0. The Morgan fingerprint density at radius 2 is 1.76 bits per heavy atom. The minimum Gasteiger partial charge on any atom is -0.465 e. The fourth-order valence-electron chi connectivity index (χ4n) is 1.59. The first kappa shape index (κ1) is 11.9. The van der Waals surface area contributed by atoms with Gasteiger partial charge in [0.2, 0.25) is 5.89 Å². The Kier molecular flexibility index (Phi) is 3.98. The SMILES string of the molecule is CCc1ccc(CNCc2ncc(CC)o2)o1. The third-order valence-corrected chi connectivity index (χ3v) is 2.59. The predicted molar refractivity (Wildman–Crippen MR) is 64.5 cm³/mol. The maximum Gasteiger partial charge on any atom is 0.208 e. The molecule has 0 bridgehead atoms. The van der Waals surface area contributed by atoms with Gasteiger partial charge in [0.05, 0.1) is 19.3 Å². The van der Waals surface area contributed by atoms with Gasteiger partial charge in [0.1, 0.15) is 17.3 Å². The minimum absolute atomic E-state index is 0.627. The zero-order valence-electron chi connectivity index (χ0n) is 10.3. The first-order valence-electron chi connectivity index (χ1n) is 6.03. The molecule has 0 atom stereocenters. The summed E-state index contributed by atoms with van der Waals surface area (Å²) in [4.78, 5) is 4.18. The molecule has 17 heavy (non-hydrogen) atoms. The van der Waals surface area contributed by atoms with Gasteiger partial charge in [-0.25, -0.2) is 4.98 Å². The van der Waals surface area contributed by atoms with Crippen molar-refractivity contribution in [1.29, 1.82) is 0 Å². The van der Waals surface area contributed by atoms with Crippen molar-refractivity contribution >= 4 is 0 Å². The summed E-state index contributed by atoms with van der Waals surface area (Å²) in [6.07, 6.45) is 3.59. The van der Waals surface area contributed by atoms with E-state index in [4.69, 9.17) is 8.83 Å². The van der Waals surface area contributed by atoms with Crippen molar-refractivity contribution in [2.75, 3.05) is 0 Å². The first-order chi connectivity index (χ1) is 8.31. The van der Waals surface area contributed by atoms with Crippen LogP contribution in [0.2, 0.25) is 0 Å². The molecule has 0 saturated carbocycles. The molecule has 92 valence electrons. The average Bonchev–Trinajstić information content (AvgIpc) is 2.97. The smallest absolute Gasteiger partial charge is 0.208 e. The van der Waals surface area contributed by atoms with Crippen molar-refractivity contribution in [3.05, 3.63) is 41.5 Å². The molecule has 2 heterocycles. The highest BCUT2D eigenvalue weighted by Gasteiger charge is 2.03. The molecule has 4 nitrogen and oxygen atoms in total. The number of rotatable bonds is 6. The molecule has 1 N–H and O–H groups in total. The third-order valence-electron chi connectivity index (χ3n) is 2.59. The van der Waals surface area contributed by atoms with Crippen LogP contribution in [0.25, 0.3) is 0 Å². The first-order valence-corrected chi connectivity index (χ1v) is 6.03. The maximum atomic E-state index is 5.58. The highest BCUT2D eigenvalue weighted by molar-refractivity contribution is 5.06. The van der Waals surface area contributed by atoms with Gasteiger partial charge < -0.3 is 14.2 Å². The van der Waals surface area contributed by atoms with Crippen LogP contribution >= 0.6 is 0 Å². The van der Waals surface area contributed by atoms with E-state index in [0.717, 1.165) is 36.0 Å². The molecular weight excluding hydrogens is 216 g/mol. The number of aromatic nitrogens is 1. The Bertz CT molecular complexity index is 417. The summed E-state index contributed by atoms with van der Waals surface area (Å²) >= 11 is 0. The van der Waals surface area contributed by atoms with Gasteiger partial charge in [-0.3, -0.25) is 0 Å². The number of hydrogen-bond donors (Lipinski definition) is 1. The van der Waals surface area contributed by atoms with Crippen LogP contribution < -0.4 is 5.32 Å². The standard InChI is InChI=1S/C13H18N2O2/c1-3-10-5-6-12(16-10)7-14-9-13-15-8-11(4-2)17-13/h5-6,8,14H,3-4,7,9H2,1-2H3. The number of nitrogens with one attached hydrogen (secondary N) is 1. The van der Waals surface area contributed by atoms with E-state index in [-0.39, 0.29) is 0 Å². The lowest BCUT2D eigenvalue weighted by Crippen LogP contribution is -2.12. The molecule has 0 unspecified atom stereocenters. The summed E-state index contributed by atoms with van der Waals surface area (Å²) < 4.78 is 11.1. The largest absolute Gasteiger partial charge is 0.465 e. The Labute approximate surface area is 101 Å². The van der Waals surface area contributed by atoms with Gasteiger partial charge in [-0.05, 0) is 12.1 Å². The Hall–Kier alpha value is -1.55. The van der Waals surface area contributed by atoms with Gasteiger partial charge in [-0.15, -0.1) is 0 Å². The van der Waals surface area contributed by atoms with Crippen LogP contribution in [0.1, 0.15) is 37.0 Å². The van der Waals surface area contributed by atoms with Crippen molar-refractivity contribution < 1.29 is 8.83 Å². The van der Waals surface area contributed by atoms with Crippen LogP contribution in [0.15, 0.2) is 27.2 Å². The van der Waals surface area contributed by atoms with Gasteiger partial charge in [0.15, 0.2) is 0 Å².